The van der Waals surface area contributed by atoms with Gasteiger partial charge in [-0.3, -0.25) is 4.79 Å². The van der Waals surface area contributed by atoms with Crippen molar-refractivity contribution in [3.63, 3.8) is 0 Å². The molecule has 3 N–H and O–H groups in total. The molecule has 0 amide bonds. The summed E-state index contributed by atoms with van der Waals surface area (Å²) in [6, 6.07) is 0. The molecule has 0 aromatic carbocycles. The molecule has 0 aromatic rings. The smallest absolute Gasteiger partial charge is 0.306 e. The molecule has 0 saturated carbocycles. The highest BCUT2D eigenvalue weighted by atomic mass is 16.4. The van der Waals surface area contributed by atoms with Gasteiger partial charge in [0.25, 0.3) is 0 Å². The highest BCUT2D eigenvalue weighted by molar-refractivity contribution is 5.70. The van der Waals surface area contributed by atoms with E-state index in [2.05, 4.69) is 0 Å². The second-order valence-corrected chi connectivity index (χ2v) is 3.61. The fourth-order valence-electron chi connectivity index (χ4n) is 1.44. The van der Waals surface area contributed by atoms with E-state index in [4.69, 9.17) is 10.8 Å². The van der Waals surface area contributed by atoms with Gasteiger partial charge >= 0.3 is 5.97 Å². The molecule has 0 heterocycles. The summed E-state index contributed by atoms with van der Waals surface area (Å²) in [7, 11) is 0. The van der Waals surface area contributed by atoms with Gasteiger partial charge in [0.15, 0.2) is 0 Å². The van der Waals surface area contributed by atoms with Crippen molar-refractivity contribution in [2.24, 2.45) is 17.6 Å². The van der Waals surface area contributed by atoms with Gasteiger partial charge < -0.3 is 10.8 Å². The molecule has 2 atom stereocenters. The highest BCUT2D eigenvalue weighted by Gasteiger charge is 2.22. The predicted molar refractivity (Wildman–Crippen MR) is 53.5 cm³/mol. The van der Waals surface area contributed by atoms with Gasteiger partial charge in [0.2, 0.25) is 0 Å². The van der Waals surface area contributed by atoms with Crippen molar-refractivity contribution in [1.82, 2.24) is 0 Å². The number of nitrogens with two attached hydrogens (primary N) is 1. The molecule has 2 unspecified atom stereocenters. The van der Waals surface area contributed by atoms with Crippen molar-refractivity contribution in [3.05, 3.63) is 0 Å². The zero-order chi connectivity index (χ0) is 10.3. The van der Waals surface area contributed by atoms with Crippen molar-refractivity contribution >= 4 is 5.97 Å². The first kappa shape index (κ1) is 12.4. The Labute approximate surface area is 80.3 Å². The van der Waals surface area contributed by atoms with E-state index in [1.54, 1.807) is 0 Å². The maximum absolute atomic E-state index is 10.9. The van der Waals surface area contributed by atoms with Gasteiger partial charge in [-0.25, -0.2) is 0 Å². The molecule has 0 radical (unpaired) electrons. The van der Waals surface area contributed by atoms with Crippen LogP contribution in [0.25, 0.3) is 0 Å². The number of aliphatic carboxylic acids is 1. The van der Waals surface area contributed by atoms with Crippen LogP contribution in [0.5, 0.6) is 0 Å². The summed E-state index contributed by atoms with van der Waals surface area (Å²) in [5.74, 6) is -0.571. The minimum absolute atomic E-state index is 0.184. The molecule has 0 aliphatic rings. The standard InChI is InChI=1S/C10H21NO2/c1-3-8(2)9(10(12)13)6-4-5-7-11/h8-9H,3-7,11H2,1-2H3,(H,12,13). The molecule has 0 rings (SSSR count). The Morgan fingerprint density at radius 2 is 2.08 bits per heavy atom. The first-order chi connectivity index (χ1) is 6.13. The zero-order valence-corrected chi connectivity index (χ0v) is 8.62. The first-order valence-corrected chi connectivity index (χ1v) is 5.06. The van der Waals surface area contributed by atoms with E-state index in [-0.39, 0.29) is 11.8 Å². The molecular weight excluding hydrogens is 166 g/mol. The molecule has 0 aliphatic heterocycles. The third-order valence-electron chi connectivity index (χ3n) is 2.62. The average Bonchev–Trinajstić information content (AvgIpc) is 2.11. The second-order valence-electron chi connectivity index (χ2n) is 3.61. The van der Waals surface area contributed by atoms with Crippen LogP contribution in [0.4, 0.5) is 0 Å². The van der Waals surface area contributed by atoms with Gasteiger partial charge in [0.1, 0.15) is 0 Å². The van der Waals surface area contributed by atoms with E-state index >= 15 is 0 Å². The molecule has 13 heavy (non-hydrogen) atoms. The van der Waals surface area contributed by atoms with Crippen LogP contribution in [0, 0.1) is 11.8 Å². The van der Waals surface area contributed by atoms with Crippen LogP contribution in [0.1, 0.15) is 39.5 Å². The van der Waals surface area contributed by atoms with Crippen molar-refractivity contribution in [3.8, 4) is 0 Å². The number of hydrogen-bond donors (Lipinski definition) is 2. The van der Waals surface area contributed by atoms with Gasteiger partial charge in [-0.2, -0.15) is 0 Å². The molecule has 0 bridgehead atoms. The lowest BCUT2D eigenvalue weighted by Gasteiger charge is -2.18. The molecule has 0 spiro atoms. The maximum atomic E-state index is 10.9. The van der Waals surface area contributed by atoms with Crippen molar-refractivity contribution in [1.29, 1.82) is 0 Å². The van der Waals surface area contributed by atoms with E-state index in [9.17, 15) is 4.79 Å². The summed E-state index contributed by atoms with van der Waals surface area (Å²) >= 11 is 0. The summed E-state index contributed by atoms with van der Waals surface area (Å²) in [6.45, 7) is 4.69. The number of carboxylic acid groups (broad SMARTS) is 1. The fourth-order valence-corrected chi connectivity index (χ4v) is 1.44. The highest BCUT2D eigenvalue weighted by Crippen LogP contribution is 2.21. The van der Waals surface area contributed by atoms with Gasteiger partial charge in [0.05, 0.1) is 5.92 Å². The SMILES string of the molecule is CCC(C)C(CCCCN)C(=O)O. The molecule has 0 fully saturated rings. The van der Waals surface area contributed by atoms with Crippen molar-refractivity contribution in [2.45, 2.75) is 39.5 Å². The Morgan fingerprint density at radius 1 is 1.46 bits per heavy atom. The molecule has 0 aliphatic carbocycles. The monoisotopic (exact) mass is 187 g/mol. The summed E-state index contributed by atoms with van der Waals surface area (Å²) in [4.78, 5) is 10.9. The lowest BCUT2D eigenvalue weighted by molar-refractivity contribution is -0.143. The summed E-state index contributed by atoms with van der Waals surface area (Å²) in [6.07, 6.45) is 3.55. The number of hydrogen-bond acceptors (Lipinski definition) is 2. The second kappa shape index (κ2) is 6.89. The Hall–Kier alpha value is -0.570. The van der Waals surface area contributed by atoms with Crippen molar-refractivity contribution in [2.75, 3.05) is 6.54 Å². The van der Waals surface area contributed by atoms with Crippen molar-refractivity contribution < 1.29 is 9.90 Å². The van der Waals surface area contributed by atoms with Gasteiger partial charge in [-0.1, -0.05) is 26.7 Å². The minimum Gasteiger partial charge on any atom is -0.481 e. The number of rotatable bonds is 7. The van der Waals surface area contributed by atoms with E-state index in [1.165, 1.54) is 0 Å². The Balaban J connectivity index is 3.88. The molecule has 0 saturated heterocycles. The van der Waals surface area contributed by atoms with Crippen LogP contribution in [-0.2, 0) is 4.79 Å². The third kappa shape index (κ3) is 4.88. The van der Waals surface area contributed by atoms with Crippen LogP contribution in [0.3, 0.4) is 0 Å². The molecular formula is C10H21NO2. The normalized spacial score (nSPS) is 15.3. The van der Waals surface area contributed by atoms with Crippen LogP contribution in [-0.4, -0.2) is 17.6 Å². The Kier molecular flexibility index (Phi) is 6.59. The van der Waals surface area contributed by atoms with Gasteiger partial charge in [0, 0.05) is 0 Å². The zero-order valence-electron chi connectivity index (χ0n) is 8.62. The summed E-state index contributed by atoms with van der Waals surface area (Å²) in [5.41, 5.74) is 5.35. The fraction of sp³-hybridized carbons (Fsp3) is 0.900. The number of carbonyl (C=O) groups is 1. The lowest BCUT2D eigenvalue weighted by Crippen LogP contribution is -2.21. The third-order valence-corrected chi connectivity index (χ3v) is 2.62. The van der Waals surface area contributed by atoms with Crippen LogP contribution >= 0.6 is 0 Å². The van der Waals surface area contributed by atoms with E-state index in [0.717, 1.165) is 25.7 Å². The Bertz CT molecular complexity index is 148. The van der Waals surface area contributed by atoms with Crippen LogP contribution in [0.15, 0.2) is 0 Å². The first-order valence-electron chi connectivity index (χ1n) is 5.06. The molecule has 0 aromatic heterocycles. The number of carboxylic acids is 1. The topological polar surface area (TPSA) is 63.3 Å². The minimum atomic E-state index is -0.661. The van der Waals surface area contributed by atoms with Crippen LogP contribution < -0.4 is 5.73 Å². The van der Waals surface area contributed by atoms with Gasteiger partial charge in [-0.15, -0.1) is 0 Å². The van der Waals surface area contributed by atoms with E-state index in [0.29, 0.717) is 6.54 Å². The van der Waals surface area contributed by atoms with Gasteiger partial charge in [-0.05, 0) is 25.3 Å². The largest absolute Gasteiger partial charge is 0.481 e. The average molecular weight is 187 g/mol. The van der Waals surface area contributed by atoms with Crippen LogP contribution in [0.2, 0.25) is 0 Å². The summed E-state index contributed by atoms with van der Waals surface area (Å²) in [5, 5.41) is 8.94. The predicted octanol–water partition coefficient (Wildman–Crippen LogP) is 1.86. The quantitative estimate of drug-likeness (QED) is 0.598. The molecule has 78 valence electrons. The Morgan fingerprint density at radius 3 is 2.46 bits per heavy atom. The lowest BCUT2D eigenvalue weighted by atomic mass is 9.87. The molecule has 3 heteroatoms. The summed E-state index contributed by atoms with van der Waals surface area (Å²) < 4.78 is 0. The number of unbranched alkanes of at least 4 members (excludes halogenated alkanes) is 1. The van der Waals surface area contributed by atoms with E-state index < -0.39 is 5.97 Å². The maximum Gasteiger partial charge on any atom is 0.306 e. The van der Waals surface area contributed by atoms with E-state index in [1.807, 2.05) is 13.8 Å². The molecule has 3 nitrogen and oxygen atoms in total.